The van der Waals surface area contributed by atoms with Crippen molar-refractivity contribution in [3.05, 3.63) is 46.8 Å². The minimum Gasteiger partial charge on any atom is -0.310 e. The lowest BCUT2D eigenvalue weighted by atomic mass is 9.97. The zero-order chi connectivity index (χ0) is 13.1. The fraction of sp³-hybridized carbons (Fsp3) is 0.529. The first-order chi connectivity index (χ1) is 9.33. The van der Waals surface area contributed by atoms with Crippen LogP contribution in [0.1, 0.15) is 55.7 Å². The maximum atomic E-state index is 13.2. The molecule has 0 bridgehead atoms. The SMILES string of the molecule is Fc1ccc2c(c1)CCC2NCCC1=CCCCC1. The van der Waals surface area contributed by atoms with E-state index in [4.69, 9.17) is 0 Å². The predicted molar refractivity (Wildman–Crippen MR) is 76.6 cm³/mol. The van der Waals surface area contributed by atoms with E-state index in [0.29, 0.717) is 6.04 Å². The Morgan fingerprint density at radius 1 is 1.21 bits per heavy atom. The van der Waals surface area contributed by atoms with Crippen LogP contribution in [0, 0.1) is 5.82 Å². The lowest BCUT2D eigenvalue weighted by Crippen LogP contribution is -2.21. The van der Waals surface area contributed by atoms with Gasteiger partial charge in [0.05, 0.1) is 0 Å². The van der Waals surface area contributed by atoms with Crippen molar-refractivity contribution >= 4 is 0 Å². The maximum Gasteiger partial charge on any atom is 0.123 e. The molecule has 0 saturated heterocycles. The second kappa shape index (κ2) is 5.87. The highest BCUT2D eigenvalue weighted by atomic mass is 19.1. The fourth-order valence-corrected chi connectivity index (χ4v) is 3.34. The summed E-state index contributed by atoms with van der Waals surface area (Å²) in [5, 5.41) is 3.64. The Labute approximate surface area is 114 Å². The molecule has 102 valence electrons. The van der Waals surface area contributed by atoms with Gasteiger partial charge in [-0.1, -0.05) is 17.7 Å². The number of halogens is 1. The van der Waals surface area contributed by atoms with Gasteiger partial charge in [-0.15, -0.1) is 0 Å². The number of aryl methyl sites for hydroxylation is 1. The van der Waals surface area contributed by atoms with Gasteiger partial charge in [-0.05, 0) is 74.8 Å². The van der Waals surface area contributed by atoms with Crippen molar-refractivity contribution in [3.63, 3.8) is 0 Å². The lowest BCUT2D eigenvalue weighted by molar-refractivity contribution is 0.525. The number of hydrogen-bond acceptors (Lipinski definition) is 1. The molecule has 0 fully saturated rings. The van der Waals surface area contributed by atoms with Gasteiger partial charge in [-0.25, -0.2) is 4.39 Å². The standard InChI is InChI=1S/C17H22FN/c18-15-7-8-16-14(12-15)6-9-17(16)19-11-10-13-4-2-1-3-5-13/h4,7-8,12,17,19H,1-3,5-6,9-11H2. The molecule has 0 amide bonds. The van der Waals surface area contributed by atoms with Crippen LogP contribution in [-0.2, 0) is 6.42 Å². The highest BCUT2D eigenvalue weighted by Crippen LogP contribution is 2.31. The third-order valence-electron chi connectivity index (χ3n) is 4.40. The second-order valence-corrected chi connectivity index (χ2v) is 5.75. The van der Waals surface area contributed by atoms with Gasteiger partial charge in [-0.2, -0.15) is 0 Å². The zero-order valence-corrected chi connectivity index (χ0v) is 11.4. The average Bonchev–Trinajstić information content (AvgIpc) is 2.82. The summed E-state index contributed by atoms with van der Waals surface area (Å²) in [7, 11) is 0. The molecular formula is C17H22FN. The van der Waals surface area contributed by atoms with E-state index in [-0.39, 0.29) is 5.82 Å². The van der Waals surface area contributed by atoms with Gasteiger partial charge >= 0.3 is 0 Å². The Bertz CT molecular complexity index is 478. The van der Waals surface area contributed by atoms with Crippen LogP contribution in [0.5, 0.6) is 0 Å². The van der Waals surface area contributed by atoms with E-state index in [9.17, 15) is 4.39 Å². The van der Waals surface area contributed by atoms with E-state index in [1.165, 1.54) is 43.2 Å². The largest absolute Gasteiger partial charge is 0.310 e. The monoisotopic (exact) mass is 259 g/mol. The summed E-state index contributed by atoms with van der Waals surface area (Å²) in [5.74, 6) is -0.105. The normalized spacial score (nSPS) is 22.2. The summed E-state index contributed by atoms with van der Waals surface area (Å²) < 4.78 is 13.2. The first-order valence-corrected chi connectivity index (χ1v) is 7.52. The second-order valence-electron chi connectivity index (χ2n) is 5.75. The van der Waals surface area contributed by atoms with Crippen molar-refractivity contribution < 1.29 is 4.39 Å². The van der Waals surface area contributed by atoms with Crippen LogP contribution in [0.2, 0.25) is 0 Å². The average molecular weight is 259 g/mol. The number of hydrogen-bond donors (Lipinski definition) is 1. The number of nitrogens with one attached hydrogen (secondary N) is 1. The molecule has 2 aliphatic carbocycles. The van der Waals surface area contributed by atoms with Gasteiger partial charge in [-0.3, -0.25) is 0 Å². The molecule has 1 aromatic carbocycles. The highest BCUT2D eigenvalue weighted by Gasteiger charge is 2.22. The van der Waals surface area contributed by atoms with Gasteiger partial charge < -0.3 is 5.32 Å². The molecule has 1 unspecified atom stereocenters. The minimum absolute atomic E-state index is 0.105. The van der Waals surface area contributed by atoms with Crippen molar-refractivity contribution in [2.45, 2.75) is 51.0 Å². The Hall–Kier alpha value is -1.15. The topological polar surface area (TPSA) is 12.0 Å². The third kappa shape index (κ3) is 3.06. The first kappa shape index (κ1) is 12.9. The number of fused-ring (bicyclic) bond motifs is 1. The number of rotatable bonds is 4. The van der Waals surface area contributed by atoms with Crippen LogP contribution in [0.4, 0.5) is 4.39 Å². The van der Waals surface area contributed by atoms with Crippen molar-refractivity contribution in [1.82, 2.24) is 5.32 Å². The maximum absolute atomic E-state index is 13.2. The fourth-order valence-electron chi connectivity index (χ4n) is 3.34. The molecule has 0 saturated carbocycles. The van der Waals surface area contributed by atoms with Gasteiger partial charge in [0, 0.05) is 6.04 Å². The molecule has 0 aliphatic heterocycles. The molecule has 2 aliphatic rings. The van der Waals surface area contributed by atoms with Crippen molar-refractivity contribution in [1.29, 1.82) is 0 Å². The Balaban J connectivity index is 1.53. The van der Waals surface area contributed by atoms with Crippen LogP contribution >= 0.6 is 0 Å². The third-order valence-corrected chi connectivity index (χ3v) is 4.40. The number of allylic oxidation sites excluding steroid dienone is 1. The van der Waals surface area contributed by atoms with E-state index >= 15 is 0 Å². The Morgan fingerprint density at radius 3 is 3.00 bits per heavy atom. The van der Waals surface area contributed by atoms with Gasteiger partial charge in [0.15, 0.2) is 0 Å². The van der Waals surface area contributed by atoms with Crippen LogP contribution in [0.3, 0.4) is 0 Å². The molecule has 1 N–H and O–H groups in total. The van der Waals surface area contributed by atoms with Crippen LogP contribution in [0.25, 0.3) is 0 Å². The van der Waals surface area contributed by atoms with Gasteiger partial charge in [0.2, 0.25) is 0 Å². The molecule has 0 heterocycles. The van der Waals surface area contributed by atoms with E-state index in [1.54, 1.807) is 17.7 Å². The highest BCUT2D eigenvalue weighted by molar-refractivity contribution is 5.34. The van der Waals surface area contributed by atoms with Crippen molar-refractivity contribution in [2.24, 2.45) is 0 Å². The Kier molecular flexibility index (Phi) is 3.97. The van der Waals surface area contributed by atoms with E-state index in [1.807, 2.05) is 6.07 Å². The smallest absolute Gasteiger partial charge is 0.123 e. The van der Waals surface area contributed by atoms with E-state index in [0.717, 1.165) is 19.4 Å². The first-order valence-electron chi connectivity index (χ1n) is 7.52. The van der Waals surface area contributed by atoms with Gasteiger partial charge in [0.25, 0.3) is 0 Å². The molecule has 0 radical (unpaired) electrons. The number of benzene rings is 1. The summed E-state index contributed by atoms with van der Waals surface area (Å²) in [6.07, 6.45) is 11.0. The quantitative estimate of drug-likeness (QED) is 0.795. The molecule has 19 heavy (non-hydrogen) atoms. The summed E-state index contributed by atoms with van der Waals surface area (Å²) in [6.45, 7) is 1.05. The molecule has 1 atom stereocenters. The van der Waals surface area contributed by atoms with Crippen LogP contribution < -0.4 is 5.32 Å². The predicted octanol–water partition coefficient (Wildman–Crippen LogP) is 4.29. The van der Waals surface area contributed by atoms with Gasteiger partial charge in [0.1, 0.15) is 5.82 Å². The zero-order valence-electron chi connectivity index (χ0n) is 11.4. The van der Waals surface area contributed by atoms with E-state index < -0.39 is 0 Å². The summed E-state index contributed by atoms with van der Waals surface area (Å²) in [5.41, 5.74) is 4.12. The molecule has 0 aromatic heterocycles. The molecular weight excluding hydrogens is 237 g/mol. The summed E-state index contributed by atoms with van der Waals surface area (Å²) in [4.78, 5) is 0. The van der Waals surface area contributed by atoms with Crippen molar-refractivity contribution in [2.75, 3.05) is 6.54 Å². The van der Waals surface area contributed by atoms with Crippen LogP contribution in [-0.4, -0.2) is 6.54 Å². The van der Waals surface area contributed by atoms with Crippen molar-refractivity contribution in [3.8, 4) is 0 Å². The summed E-state index contributed by atoms with van der Waals surface area (Å²) in [6, 6.07) is 5.66. The molecule has 3 rings (SSSR count). The molecule has 2 heteroatoms. The molecule has 1 nitrogen and oxygen atoms in total. The van der Waals surface area contributed by atoms with Crippen LogP contribution in [0.15, 0.2) is 29.8 Å². The van der Waals surface area contributed by atoms with E-state index in [2.05, 4.69) is 11.4 Å². The molecule has 1 aromatic rings. The minimum atomic E-state index is -0.105. The lowest BCUT2D eigenvalue weighted by Gasteiger charge is -2.16. The molecule has 0 spiro atoms. The Morgan fingerprint density at radius 2 is 2.16 bits per heavy atom. The summed E-state index contributed by atoms with van der Waals surface area (Å²) >= 11 is 0.